The summed E-state index contributed by atoms with van der Waals surface area (Å²) in [5, 5.41) is 9.29. The number of halogens is 4. The molecular formula is C21H32F3IN4O2. The van der Waals surface area contributed by atoms with Crippen molar-refractivity contribution in [2.75, 3.05) is 26.7 Å². The summed E-state index contributed by atoms with van der Waals surface area (Å²) in [6.07, 6.45) is 1.14. The van der Waals surface area contributed by atoms with E-state index in [2.05, 4.69) is 25.7 Å². The zero-order valence-corrected chi connectivity index (χ0v) is 20.1. The van der Waals surface area contributed by atoms with Crippen LogP contribution >= 0.6 is 24.0 Å². The molecule has 0 spiro atoms. The van der Waals surface area contributed by atoms with E-state index in [1.165, 1.54) is 6.42 Å². The van der Waals surface area contributed by atoms with Crippen LogP contribution in [0.3, 0.4) is 0 Å². The SMILES string of the molecule is CN=C(NCCNC(=O)C1CCCCC1)NCc1ccc(COCC(F)(F)F)cc1.I. The molecule has 1 amide bonds. The lowest BCUT2D eigenvalue weighted by molar-refractivity contribution is -0.176. The van der Waals surface area contributed by atoms with E-state index in [1.54, 1.807) is 19.2 Å². The largest absolute Gasteiger partial charge is 0.411 e. The van der Waals surface area contributed by atoms with E-state index in [4.69, 9.17) is 0 Å². The first-order valence-electron chi connectivity index (χ1n) is 10.3. The van der Waals surface area contributed by atoms with Crippen molar-refractivity contribution >= 4 is 35.8 Å². The monoisotopic (exact) mass is 556 g/mol. The van der Waals surface area contributed by atoms with Crippen molar-refractivity contribution in [2.24, 2.45) is 10.9 Å². The number of nitrogens with zero attached hydrogens (tertiary/aromatic N) is 1. The van der Waals surface area contributed by atoms with Gasteiger partial charge in [0.2, 0.25) is 5.91 Å². The molecule has 1 fully saturated rings. The zero-order valence-electron chi connectivity index (χ0n) is 17.8. The fraction of sp³-hybridized carbons (Fsp3) is 0.619. The highest BCUT2D eigenvalue weighted by atomic mass is 127. The molecule has 0 bridgehead atoms. The van der Waals surface area contributed by atoms with Crippen LogP contribution in [-0.2, 0) is 22.7 Å². The molecule has 0 radical (unpaired) electrons. The van der Waals surface area contributed by atoms with Gasteiger partial charge in [0, 0.05) is 32.6 Å². The Labute approximate surface area is 198 Å². The number of hydrogen-bond acceptors (Lipinski definition) is 3. The van der Waals surface area contributed by atoms with Gasteiger partial charge in [-0.3, -0.25) is 9.79 Å². The predicted molar refractivity (Wildman–Crippen MR) is 125 cm³/mol. The third kappa shape index (κ3) is 11.6. The van der Waals surface area contributed by atoms with Crippen molar-refractivity contribution in [1.82, 2.24) is 16.0 Å². The van der Waals surface area contributed by atoms with E-state index in [-0.39, 0.29) is 42.4 Å². The molecule has 0 aromatic heterocycles. The van der Waals surface area contributed by atoms with E-state index in [1.807, 2.05) is 12.1 Å². The van der Waals surface area contributed by atoms with E-state index in [9.17, 15) is 18.0 Å². The molecule has 6 nitrogen and oxygen atoms in total. The van der Waals surface area contributed by atoms with Crippen LogP contribution in [-0.4, -0.2) is 44.8 Å². The fourth-order valence-electron chi connectivity index (χ4n) is 3.32. The lowest BCUT2D eigenvalue weighted by atomic mass is 9.89. The molecule has 1 aliphatic rings. The fourth-order valence-corrected chi connectivity index (χ4v) is 3.32. The Balaban J connectivity index is 0.00000480. The van der Waals surface area contributed by atoms with Gasteiger partial charge in [-0.25, -0.2) is 0 Å². The van der Waals surface area contributed by atoms with Crippen LogP contribution < -0.4 is 16.0 Å². The van der Waals surface area contributed by atoms with E-state index in [0.29, 0.717) is 31.2 Å². The first kappa shape index (κ1) is 27.5. The molecule has 0 aliphatic heterocycles. The Morgan fingerprint density at radius 3 is 2.26 bits per heavy atom. The average molecular weight is 556 g/mol. The average Bonchev–Trinajstić information content (AvgIpc) is 2.74. The maximum atomic E-state index is 12.1. The van der Waals surface area contributed by atoms with Crippen molar-refractivity contribution < 1.29 is 22.7 Å². The standard InChI is InChI=1S/C21H31F3N4O2.HI/c1-25-20(27-12-11-26-19(29)18-5-3-2-4-6-18)28-13-16-7-9-17(10-8-16)14-30-15-21(22,23)24;/h7-10,18H,2-6,11-15H2,1H3,(H,26,29)(H2,25,27,28);1H. The Morgan fingerprint density at radius 2 is 1.65 bits per heavy atom. The highest BCUT2D eigenvalue weighted by molar-refractivity contribution is 14.0. The minimum absolute atomic E-state index is 0. The summed E-state index contributed by atoms with van der Waals surface area (Å²) in [6.45, 7) is 0.274. The summed E-state index contributed by atoms with van der Waals surface area (Å²) >= 11 is 0. The molecule has 3 N–H and O–H groups in total. The van der Waals surface area contributed by atoms with Crippen LogP contribution in [0.1, 0.15) is 43.2 Å². The second kappa shape index (κ2) is 14.5. The number of nitrogens with one attached hydrogen (secondary N) is 3. The van der Waals surface area contributed by atoms with Crippen molar-refractivity contribution in [3.8, 4) is 0 Å². The van der Waals surface area contributed by atoms with Gasteiger partial charge in [-0.15, -0.1) is 24.0 Å². The van der Waals surface area contributed by atoms with Gasteiger partial charge >= 0.3 is 6.18 Å². The lowest BCUT2D eigenvalue weighted by Crippen LogP contribution is -2.42. The molecule has 176 valence electrons. The number of carbonyl (C=O) groups is 1. The summed E-state index contributed by atoms with van der Waals surface area (Å²) in [5.41, 5.74) is 1.64. The van der Waals surface area contributed by atoms with Gasteiger partial charge in [-0.05, 0) is 24.0 Å². The third-order valence-electron chi connectivity index (χ3n) is 4.93. The Kier molecular flexibility index (Phi) is 12.8. The van der Waals surface area contributed by atoms with Gasteiger partial charge in [-0.2, -0.15) is 13.2 Å². The lowest BCUT2D eigenvalue weighted by Gasteiger charge is -2.21. The second-order valence-electron chi connectivity index (χ2n) is 7.40. The summed E-state index contributed by atoms with van der Waals surface area (Å²) in [4.78, 5) is 16.3. The van der Waals surface area contributed by atoms with Crippen molar-refractivity contribution in [3.05, 3.63) is 35.4 Å². The predicted octanol–water partition coefficient (Wildman–Crippen LogP) is 3.75. The molecule has 0 heterocycles. The van der Waals surface area contributed by atoms with Crippen molar-refractivity contribution in [2.45, 2.75) is 51.4 Å². The maximum absolute atomic E-state index is 12.1. The molecule has 1 saturated carbocycles. The van der Waals surface area contributed by atoms with Crippen molar-refractivity contribution in [3.63, 3.8) is 0 Å². The smallest absolute Gasteiger partial charge is 0.367 e. The molecule has 0 unspecified atom stereocenters. The quantitative estimate of drug-likeness (QED) is 0.188. The van der Waals surface area contributed by atoms with Crippen molar-refractivity contribution in [1.29, 1.82) is 0 Å². The van der Waals surface area contributed by atoms with Gasteiger partial charge in [0.05, 0.1) is 6.61 Å². The number of alkyl halides is 3. The molecular weight excluding hydrogens is 524 g/mol. The molecule has 1 aliphatic carbocycles. The highest BCUT2D eigenvalue weighted by Gasteiger charge is 2.27. The van der Waals surface area contributed by atoms with Crippen LogP contribution in [0.5, 0.6) is 0 Å². The Morgan fingerprint density at radius 1 is 1.03 bits per heavy atom. The second-order valence-corrected chi connectivity index (χ2v) is 7.40. The normalized spacial score (nSPS) is 15.2. The number of ether oxygens (including phenoxy) is 1. The summed E-state index contributed by atoms with van der Waals surface area (Å²) in [6, 6.07) is 7.14. The zero-order chi connectivity index (χ0) is 21.8. The minimum Gasteiger partial charge on any atom is -0.367 e. The van der Waals surface area contributed by atoms with Gasteiger partial charge in [0.25, 0.3) is 0 Å². The van der Waals surface area contributed by atoms with Crippen LogP contribution in [0.4, 0.5) is 13.2 Å². The molecule has 1 aromatic rings. The summed E-state index contributed by atoms with van der Waals surface area (Å²) in [5.74, 6) is 0.899. The number of rotatable bonds is 9. The molecule has 0 saturated heterocycles. The minimum atomic E-state index is -4.31. The molecule has 2 rings (SSSR count). The first-order valence-corrected chi connectivity index (χ1v) is 10.3. The number of hydrogen-bond donors (Lipinski definition) is 3. The van der Waals surface area contributed by atoms with Gasteiger partial charge in [0.1, 0.15) is 6.61 Å². The van der Waals surface area contributed by atoms with Crippen LogP contribution in [0, 0.1) is 5.92 Å². The van der Waals surface area contributed by atoms with Crippen LogP contribution in [0.15, 0.2) is 29.3 Å². The molecule has 0 atom stereocenters. The first-order chi connectivity index (χ1) is 14.4. The number of carbonyl (C=O) groups excluding carboxylic acids is 1. The number of guanidine groups is 1. The highest BCUT2D eigenvalue weighted by Crippen LogP contribution is 2.23. The number of amides is 1. The number of aliphatic imine (C=N–C) groups is 1. The van der Waals surface area contributed by atoms with E-state index >= 15 is 0 Å². The van der Waals surface area contributed by atoms with E-state index in [0.717, 1.165) is 31.2 Å². The van der Waals surface area contributed by atoms with Gasteiger partial charge in [-0.1, -0.05) is 43.5 Å². The van der Waals surface area contributed by atoms with Gasteiger partial charge < -0.3 is 20.7 Å². The Hall–Kier alpha value is -1.56. The summed E-state index contributed by atoms with van der Waals surface area (Å²) in [7, 11) is 1.66. The maximum Gasteiger partial charge on any atom is 0.411 e. The third-order valence-corrected chi connectivity index (χ3v) is 4.93. The Bertz CT molecular complexity index is 678. The van der Waals surface area contributed by atoms with Crippen LogP contribution in [0.25, 0.3) is 0 Å². The number of benzene rings is 1. The molecule has 1 aromatic carbocycles. The summed E-state index contributed by atoms with van der Waals surface area (Å²) < 4.78 is 40.9. The molecule has 10 heteroatoms. The topological polar surface area (TPSA) is 74.8 Å². The molecule has 31 heavy (non-hydrogen) atoms. The van der Waals surface area contributed by atoms with E-state index < -0.39 is 12.8 Å². The van der Waals surface area contributed by atoms with Gasteiger partial charge in [0.15, 0.2) is 5.96 Å². The van der Waals surface area contributed by atoms with Crippen LogP contribution in [0.2, 0.25) is 0 Å².